The van der Waals surface area contributed by atoms with Crippen molar-refractivity contribution >= 4 is 41.6 Å². The highest BCUT2D eigenvalue weighted by atomic mass is 16.8. The molecule has 10 aliphatic rings. The van der Waals surface area contributed by atoms with Crippen LogP contribution in [0.4, 0.5) is 4.79 Å². The molecule has 56 heteroatoms. The number of carboxylic acids is 1. The van der Waals surface area contributed by atoms with Crippen molar-refractivity contribution in [2.75, 3.05) is 66.1 Å². The molecule has 0 spiro atoms. The summed E-state index contributed by atoms with van der Waals surface area (Å²) in [5.74, 6) is -7.28. The third kappa shape index (κ3) is 24.2. The maximum atomic E-state index is 13.9. The topological polar surface area (TPSA) is 864 Å². The van der Waals surface area contributed by atoms with Crippen LogP contribution in [0.1, 0.15) is 51.2 Å². The lowest BCUT2D eigenvalue weighted by molar-refractivity contribution is -0.398. The van der Waals surface area contributed by atoms with Gasteiger partial charge in [0.15, 0.2) is 56.5 Å². The average molecular weight is 1980 g/mol. The van der Waals surface area contributed by atoms with Crippen LogP contribution in [0.25, 0.3) is 11.1 Å². The van der Waals surface area contributed by atoms with Crippen molar-refractivity contribution in [3.05, 3.63) is 59.7 Å². The molecule has 9 saturated heterocycles. The third-order valence-electron chi connectivity index (χ3n) is 25.0. The first-order valence-corrected chi connectivity index (χ1v) is 43.7. The van der Waals surface area contributed by atoms with Gasteiger partial charge in [-0.05, 0) is 22.3 Å². The summed E-state index contributed by atoms with van der Waals surface area (Å²) in [5, 5.41) is 295. The first kappa shape index (κ1) is 109. The smallest absolute Gasteiger partial charge is 0.407 e. The van der Waals surface area contributed by atoms with Crippen LogP contribution in [0, 0.1) is 0 Å². The number of aliphatic hydroxyl groups excluding tert-OH is 24. The molecule has 1 aliphatic carbocycles. The molecule has 774 valence electrons. The van der Waals surface area contributed by atoms with Gasteiger partial charge >= 0.3 is 12.1 Å². The molecule has 6 amide bonds. The minimum atomic E-state index is -2.65. The Morgan fingerprint density at radius 2 is 0.620 bits per heavy atom. The van der Waals surface area contributed by atoms with Gasteiger partial charge in [0, 0.05) is 33.6 Å². The van der Waals surface area contributed by atoms with Crippen LogP contribution >= 0.6 is 0 Å². The number of carboxylic acid groups (broad SMARTS) is 1. The number of nitrogens with one attached hydrogen (secondary N) is 6. The quantitative estimate of drug-likeness (QED) is 0.0301. The summed E-state index contributed by atoms with van der Waals surface area (Å²) >= 11 is 0. The van der Waals surface area contributed by atoms with Gasteiger partial charge in [0.2, 0.25) is 29.5 Å². The summed E-state index contributed by atoms with van der Waals surface area (Å²) in [5.41, 5.74) is 3.41. The Balaban J connectivity index is 0.821. The van der Waals surface area contributed by atoms with Crippen molar-refractivity contribution in [1.82, 2.24) is 31.9 Å². The van der Waals surface area contributed by atoms with Crippen molar-refractivity contribution < 1.29 is 246 Å². The Labute approximate surface area is 776 Å². The Morgan fingerprint density at radius 3 is 1.01 bits per heavy atom. The summed E-state index contributed by atoms with van der Waals surface area (Å²) in [4.78, 5) is 92.2. The van der Waals surface area contributed by atoms with Crippen molar-refractivity contribution in [2.45, 2.75) is 322 Å². The number of benzene rings is 2. The van der Waals surface area contributed by atoms with E-state index in [4.69, 9.17) is 85.3 Å². The average Bonchev–Trinajstić information content (AvgIpc) is 1.75. The van der Waals surface area contributed by atoms with Gasteiger partial charge in [-0.2, -0.15) is 0 Å². The number of hydrogen-bond donors (Lipinski definition) is 31. The number of carbonyl (C=O) groups is 7. The van der Waals surface area contributed by atoms with E-state index in [1.807, 2.05) is 36.4 Å². The minimum absolute atomic E-state index is 0.261. The Kier molecular flexibility index (Phi) is 38.0. The van der Waals surface area contributed by atoms with E-state index in [0.717, 1.165) is 49.9 Å². The zero-order valence-electron chi connectivity index (χ0n) is 73.4. The van der Waals surface area contributed by atoms with Gasteiger partial charge < -0.3 is 245 Å². The van der Waals surface area contributed by atoms with E-state index in [2.05, 4.69) is 31.9 Å². The molecule has 31 N–H and O–H groups in total. The summed E-state index contributed by atoms with van der Waals surface area (Å²) in [6.07, 6.45) is -90.0. The number of hydrogen-bond acceptors (Lipinski definition) is 49. The molecule has 0 saturated carbocycles. The predicted molar refractivity (Wildman–Crippen MR) is 434 cm³/mol. The molecule has 56 nitrogen and oxygen atoms in total. The van der Waals surface area contributed by atoms with Crippen LogP contribution in [-0.4, -0.2) is 517 Å². The van der Waals surface area contributed by atoms with Crippen LogP contribution in [-0.2, 0) is 114 Å². The van der Waals surface area contributed by atoms with Crippen molar-refractivity contribution in [3.8, 4) is 11.1 Å². The summed E-state index contributed by atoms with van der Waals surface area (Å²) < 4.78 is 108. The van der Waals surface area contributed by atoms with Crippen molar-refractivity contribution in [2.24, 2.45) is 0 Å². The molecule has 9 aliphatic heterocycles. The van der Waals surface area contributed by atoms with Crippen LogP contribution in [0.3, 0.4) is 0 Å². The monoisotopic (exact) mass is 1980 g/mol. The highest BCUT2D eigenvalue weighted by Gasteiger charge is 2.62. The van der Waals surface area contributed by atoms with Gasteiger partial charge in [0.25, 0.3) is 0 Å². The standard InChI is InChI=1S/C81H120N6O50/c1-24(96)82-44-53(106)64(38(18-92)122-71(44)87-43(100)13-33(72(117)118)86-81(119)121-22-32-30-11-7-5-9-28(30)29-10-6-8-12-31(29)32)131-73-45(83-25(2)97)54(107)67(41(21-95)127-73)134-78-63(116)68(135-80-70(60(113)51(104)37(17-91)126-80)137-75-47(85-27(4)99)56(109)66(40(20-94)129-75)133-77-62(115)58(111)49(102)35(15-89)124-77)52(105)42(130-78)23-120-79-69(59(112)50(103)36(16-90)125-79)136-74-46(84-26(3)98)55(108)65(39(19-93)128-74)132-76-61(114)57(110)48(101)34(14-88)123-76/h5-12,32-42,44-71,73-80,88-95,101-116H,13-23H2,1-4H3,(H,82,96)(H,83,97)(H,84,98)(H,85,99)(H,86,119)(H,87,100)(H,117,118)/t33?,34?,35?,36?,37-,38?,39+,40?,41?,42?,44+,45+,46?,47+,48+,49+,50-,51-,52-,53?,54?,55?,56?,57?,58?,59?,60?,61+,62+,63-,64-,65-,66-,67-,68?,69-,70?,71-,73+,74+,75+,76+,77+,78+,79+,80-/m1/s1. The van der Waals surface area contributed by atoms with Crippen LogP contribution in [0.5, 0.6) is 0 Å². The maximum Gasteiger partial charge on any atom is 0.407 e. The zero-order valence-corrected chi connectivity index (χ0v) is 73.4. The number of fused-ring (bicyclic) bond motifs is 3. The first-order chi connectivity index (χ1) is 65.1. The van der Waals surface area contributed by atoms with Gasteiger partial charge in [0.05, 0.1) is 65.9 Å². The lowest BCUT2D eigenvalue weighted by Crippen LogP contribution is -2.72. The zero-order chi connectivity index (χ0) is 99.9. The molecule has 9 fully saturated rings. The fraction of sp³-hybridized carbons (Fsp3) is 0.765. The maximum absolute atomic E-state index is 13.9. The van der Waals surface area contributed by atoms with E-state index in [9.17, 15) is 161 Å². The highest BCUT2D eigenvalue weighted by Crippen LogP contribution is 2.46. The van der Waals surface area contributed by atoms with E-state index < -0.39 is 395 Å². The highest BCUT2D eigenvalue weighted by molar-refractivity contribution is 5.87. The van der Waals surface area contributed by atoms with Gasteiger partial charge in [-0.25, -0.2) is 9.59 Å². The van der Waals surface area contributed by atoms with E-state index in [1.165, 1.54) is 0 Å². The first-order valence-electron chi connectivity index (χ1n) is 43.7. The van der Waals surface area contributed by atoms with Gasteiger partial charge in [-0.15, -0.1) is 0 Å². The number of rotatable bonds is 36. The third-order valence-corrected chi connectivity index (χ3v) is 25.0. The lowest BCUT2D eigenvalue weighted by Gasteiger charge is -2.51. The van der Waals surface area contributed by atoms with Gasteiger partial charge in [-0.1, -0.05) is 48.5 Å². The number of alkyl carbamates (subject to hydrolysis) is 1. The Bertz CT molecular complexity index is 4250. The molecule has 0 bridgehead atoms. The molecule has 137 heavy (non-hydrogen) atoms. The summed E-state index contributed by atoms with van der Waals surface area (Å²) in [6, 6.07) is 4.83. The number of aliphatic carboxylic acids is 1. The van der Waals surface area contributed by atoms with Crippen LogP contribution < -0.4 is 31.9 Å². The molecule has 0 radical (unpaired) electrons. The molecule has 0 aromatic heterocycles. The number of aliphatic hydroxyl groups is 24. The van der Waals surface area contributed by atoms with Crippen LogP contribution in [0.2, 0.25) is 0 Å². The van der Waals surface area contributed by atoms with E-state index >= 15 is 0 Å². The number of ether oxygens (including phenoxy) is 18. The molecule has 2 aromatic rings. The Morgan fingerprint density at radius 1 is 0.307 bits per heavy atom. The molecule has 19 unspecified atom stereocenters. The summed E-state index contributed by atoms with van der Waals surface area (Å²) in [7, 11) is 0. The minimum Gasteiger partial charge on any atom is -0.480 e. The van der Waals surface area contributed by atoms with Gasteiger partial charge in [-0.3, -0.25) is 24.0 Å². The number of amides is 6. The van der Waals surface area contributed by atoms with E-state index in [1.54, 1.807) is 12.1 Å². The Hall–Kier alpha value is -7.11. The van der Waals surface area contributed by atoms with Crippen molar-refractivity contribution in [1.29, 1.82) is 0 Å². The fourth-order valence-corrected chi connectivity index (χ4v) is 18.0. The molecule has 12 rings (SSSR count). The second-order valence-corrected chi connectivity index (χ2v) is 34.3. The fourth-order valence-electron chi connectivity index (χ4n) is 18.0. The SMILES string of the molecule is CC(=O)NC1C(O)[C@H](O[C@@H]2OC(CO)[C@H](O)C(O)[C@@H]2O)[C@H](CO)O[C@H]1O[C@@H]1C(O)[C@H](O)C(CO)O[C@@H]1OCC1O[C@@H](O[C@@H]2C(CO)O[C@@H](O[C@@H]3C(CO)O[C@@H](NC(=O)CC(NC(=O)OCC4c5ccccc5-c5ccccc54)C(=O)O)[C@@H](NC(C)=O)C3O)[C@@H](NC(C)=O)C2O)[C@H](O)C(O[C@H]2O[C@H](CO)[C@@H](O)C(O)C2O[C@@H]2OC(CO)[C@@H](O[C@@H]3OC(CO)[C@H](O)C(O)[C@@H]3O)C(O)[C@@H]2NC(C)=O)[C@@H]1O. The molecule has 9 heterocycles. The molecular weight excluding hydrogens is 1860 g/mol. The van der Waals surface area contributed by atoms with Crippen LogP contribution in [0.15, 0.2) is 48.5 Å². The normalized spacial score (nSPS) is 42.6. The second-order valence-electron chi connectivity index (χ2n) is 34.3. The molecule has 46 atom stereocenters. The predicted octanol–water partition coefficient (Wildman–Crippen LogP) is -17.5. The molecule has 2 aromatic carbocycles. The molecular formula is C81H120N6O50. The van der Waals surface area contributed by atoms with E-state index in [0.29, 0.717) is 0 Å². The van der Waals surface area contributed by atoms with Crippen molar-refractivity contribution in [3.63, 3.8) is 0 Å². The lowest BCUT2D eigenvalue weighted by atomic mass is 9.93. The van der Waals surface area contributed by atoms with E-state index in [-0.39, 0.29) is 6.61 Å². The number of carbonyl (C=O) groups excluding carboxylic acids is 6. The second kappa shape index (κ2) is 47.9. The summed E-state index contributed by atoms with van der Waals surface area (Å²) in [6.45, 7) is -6.91. The largest absolute Gasteiger partial charge is 0.480 e. The van der Waals surface area contributed by atoms with Gasteiger partial charge in [0.1, 0.15) is 232 Å².